The van der Waals surface area contributed by atoms with Crippen LogP contribution in [-0.4, -0.2) is 47.5 Å². The number of hydrogen-bond donors (Lipinski definition) is 2. The lowest BCUT2D eigenvalue weighted by atomic mass is 10.2. The molecule has 1 atom stereocenters. The number of carbonyl (C=O) groups is 1. The molecule has 0 radical (unpaired) electrons. The highest BCUT2D eigenvalue weighted by Crippen LogP contribution is 2.27. The van der Waals surface area contributed by atoms with Crippen LogP contribution in [0.1, 0.15) is 33.9 Å². The number of thioether (sulfide) groups is 1. The van der Waals surface area contributed by atoms with Gasteiger partial charge in [0.25, 0.3) is 5.56 Å². The average molecular weight is 396 g/mol. The molecule has 2 aromatic rings. The van der Waals surface area contributed by atoms with Gasteiger partial charge in [-0.25, -0.2) is 9.78 Å². The molecule has 10 heteroatoms. The third-order valence-corrected chi connectivity index (χ3v) is 6.06. The Kier molecular flexibility index (Phi) is 5.94. The summed E-state index contributed by atoms with van der Waals surface area (Å²) in [6.45, 7) is 3.05. The predicted octanol–water partition coefficient (Wildman–Crippen LogP) is 1.81. The number of nitrogens with one attached hydrogen (secondary N) is 1. The number of rotatable bonds is 5. The molecule has 140 valence electrons. The molecule has 3 N–H and O–H groups in total. The van der Waals surface area contributed by atoms with Crippen molar-refractivity contribution in [1.29, 1.82) is 0 Å². The molecule has 0 bridgehead atoms. The van der Waals surface area contributed by atoms with E-state index in [0.717, 1.165) is 30.8 Å². The first-order valence-corrected chi connectivity index (χ1v) is 9.94. The SMILES string of the molecule is COC(=O)c1sc2nc(CSC(N)=NC[C@H]3CCCO3)[nH]c(=O)c2c1C. The van der Waals surface area contributed by atoms with Crippen LogP contribution in [0.5, 0.6) is 0 Å². The lowest BCUT2D eigenvalue weighted by Crippen LogP contribution is -2.16. The summed E-state index contributed by atoms with van der Waals surface area (Å²) in [4.78, 5) is 36.6. The number of nitrogens with zero attached hydrogens (tertiary/aromatic N) is 2. The number of aliphatic imine (C=N–C) groups is 1. The van der Waals surface area contributed by atoms with E-state index in [0.29, 0.717) is 43.9 Å². The van der Waals surface area contributed by atoms with Crippen LogP contribution in [0.3, 0.4) is 0 Å². The Labute approximate surface area is 158 Å². The molecule has 1 saturated heterocycles. The smallest absolute Gasteiger partial charge is 0.348 e. The van der Waals surface area contributed by atoms with Crippen LogP contribution in [0.2, 0.25) is 0 Å². The maximum absolute atomic E-state index is 12.4. The van der Waals surface area contributed by atoms with Gasteiger partial charge in [0.1, 0.15) is 15.5 Å². The van der Waals surface area contributed by atoms with Crippen LogP contribution >= 0.6 is 23.1 Å². The Morgan fingerprint density at radius 1 is 1.58 bits per heavy atom. The summed E-state index contributed by atoms with van der Waals surface area (Å²) in [5.74, 6) is 0.406. The Morgan fingerprint density at radius 3 is 3.08 bits per heavy atom. The monoisotopic (exact) mass is 396 g/mol. The summed E-state index contributed by atoms with van der Waals surface area (Å²) in [5, 5.41) is 0.852. The van der Waals surface area contributed by atoms with Crippen LogP contribution < -0.4 is 11.3 Å². The zero-order valence-corrected chi connectivity index (χ0v) is 16.2. The number of hydrogen-bond acceptors (Lipinski definition) is 8. The van der Waals surface area contributed by atoms with E-state index in [2.05, 4.69) is 15.0 Å². The summed E-state index contributed by atoms with van der Waals surface area (Å²) < 4.78 is 10.3. The molecular formula is C16H20N4O4S2. The number of nitrogens with two attached hydrogens (primary N) is 1. The van der Waals surface area contributed by atoms with Gasteiger partial charge in [-0.1, -0.05) is 11.8 Å². The van der Waals surface area contributed by atoms with Crippen LogP contribution in [0.4, 0.5) is 0 Å². The van der Waals surface area contributed by atoms with E-state index in [1.165, 1.54) is 18.9 Å². The number of aromatic nitrogens is 2. The molecule has 0 aromatic carbocycles. The van der Waals surface area contributed by atoms with Gasteiger partial charge in [-0.2, -0.15) is 0 Å². The largest absolute Gasteiger partial charge is 0.465 e. The number of aryl methyl sites for hydroxylation is 1. The van der Waals surface area contributed by atoms with Gasteiger partial charge in [0.15, 0.2) is 5.17 Å². The van der Waals surface area contributed by atoms with Crippen LogP contribution in [0.15, 0.2) is 9.79 Å². The lowest BCUT2D eigenvalue weighted by molar-refractivity contribution is 0.0605. The fourth-order valence-electron chi connectivity index (χ4n) is 2.71. The van der Waals surface area contributed by atoms with Crippen molar-refractivity contribution >= 4 is 44.5 Å². The molecule has 3 rings (SSSR count). The maximum atomic E-state index is 12.4. The second kappa shape index (κ2) is 8.19. The third kappa shape index (κ3) is 4.08. The van der Waals surface area contributed by atoms with Crippen molar-refractivity contribution < 1.29 is 14.3 Å². The topological polar surface area (TPSA) is 120 Å². The molecule has 8 nitrogen and oxygen atoms in total. The number of amidine groups is 1. The summed E-state index contributed by atoms with van der Waals surface area (Å²) in [6.07, 6.45) is 2.22. The van der Waals surface area contributed by atoms with Crippen molar-refractivity contribution in [2.75, 3.05) is 20.3 Å². The zero-order valence-electron chi connectivity index (χ0n) is 14.5. The van der Waals surface area contributed by atoms with Gasteiger partial charge in [-0.3, -0.25) is 9.79 Å². The van der Waals surface area contributed by atoms with Crippen molar-refractivity contribution in [2.24, 2.45) is 10.7 Å². The summed E-state index contributed by atoms with van der Waals surface area (Å²) in [7, 11) is 1.31. The molecule has 1 fully saturated rings. The van der Waals surface area contributed by atoms with Crippen molar-refractivity contribution in [1.82, 2.24) is 9.97 Å². The Morgan fingerprint density at radius 2 is 2.38 bits per heavy atom. The van der Waals surface area contributed by atoms with E-state index in [1.54, 1.807) is 6.92 Å². The molecule has 0 unspecified atom stereocenters. The van der Waals surface area contributed by atoms with Gasteiger partial charge in [-0.15, -0.1) is 11.3 Å². The second-order valence-corrected chi connectivity index (χ2v) is 7.84. The first-order valence-electron chi connectivity index (χ1n) is 8.14. The maximum Gasteiger partial charge on any atom is 0.348 e. The minimum atomic E-state index is -0.466. The van der Waals surface area contributed by atoms with Crippen molar-refractivity contribution in [2.45, 2.75) is 31.6 Å². The number of fused-ring (bicyclic) bond motifs is 1. The van der Waals surface area contributed by atoms with Crippen molar-refractivity contribution in [3.63, 3.8) is 0 Å². The fraction of sp³-hybridized carbons (Fsp3) is 0.500. The first kappa shape index (κ1) is 18.9. The predicted molar refractivity (Wildman–Crippen MR) is 103 cm³/mol. The minimum absolute atomic E-state index is 0.147. The van der Waals surface area contributed by atoms with Crippen molar-refractivity contribution in [3.05, 3.63) is 26.6 Å². The van der Waals surface area contributed by atoms with Gasteiger partial charge < -0.3 is 20.2 Å². The Hall–Kier alpha value is -1.91. The van der Waals surface area contributed by atoms with Gasteiger partial charge in [0.2, 0.25) is 0 Å². The highest BCUT2D eigenvalue weighted by Gasteiger charge is 2.20. The van der Waals surface area contributed by atoms with E-state index in [4.69, 9.17) is 15.2 Å². The highest BCUT2D eigenvalue weighted by molar-refractivity contribution is 8.13. The zero-order chi connectivity index (χ0) is 18.7. The summed E-state index contributed by atoms with van der Waals surface area (Å²) in [5.41, 5.74) is 6.23. The average Bonchev–Trinajstić information content (AvgIpc) is 3.25. The van der Waals surface area contributed by atoms with Gasteiger partial charge >= 0.3 is 5.97 Å². The van der Waals surface area contributed by atoms with Gasteiger partial charge in [-0.05, 0) is 25.3 Å². The highest BCUT2D eigenvalue weighted by atomic mass is 32.2. The Balaban J connectivity index is 1.73. The standard InChI is InChI=1S/C16H20N4O4S2/c1-8-11-13(21)19-10(20-14(11)26-12(8)15(22)23-2)7-25-16(17)18-6-9-4-3-5-24-9/h9H,3-7H2,1-2H3,(H2,17,18)(H,19,20,21)/t9-/m1/s1. The van der Waals surface area contributed by atoms with Gasteiger partial charge in [0, 0.05) is 6.61 Å². The summed E-state index contributed by atoms with van der Waals surface area (Å²) in [6, 6.07) is 0. The number of carbonyl (C=O) groups excluding carboxylic acids is 1. The third-order valence-electron chi connectivity index (χ3n) is 4.05. The molecule has 2 aromatic heterocycles. The van der Waals surface area contributed by atoms with E-state index in [-0.39, 0.29) is 11.7 Å². The number of aromatic amines is 1. The molecule has 0 amide bonds. The molecule has 0 spiro atoms. The second-order valence-electron chi connectivity index (χ2n) is 5.84. The minimum Gasteiger partial charge on any atom is -0.465 e. The number of methoxy groups -OCH3 is 1. The van der Waals surface area contributed by atoms with E-state index in [9.17, 15) is 9.59 Å². The molecule has 0 saturated carbocycles. The van der Waals surface area contributed by atoms with Crippen LogP contribution in [0.25, 0.3) is 10.2 Å². The number of ether oxygens (including phenoxy) is 2. The first-order chi connectivity index (χ1) is 12.5. The molecule has 0 aliphatic carbocycles. The fourth-order valence-corrected chi connectivity index (χ4v) is 4.42. The number of esters is 1. The molecular weight excluding hydrogens is 376 g/mol. The van der Waals surface area contributed by atoms with E-state index in [1.807, 2.05) is 0 Å². The van der Waals surface area contributed by atoms with Crippen LogP contribution in [-0.2, 0) is 15.2 Å². The van der Waals surface area contributed by atoms with E-state index >= 15 is 0 Å². The lowest BCUT2D eigenvalue weighted by Gasteiger charge is -2.06. The van der Waals surface area contributed by atoms with E-state index < -0.39 is 5.97 Å². The molecule has 26 heavy (non-hydrogen) atoms. The van der Waals surface area contributed by atoms with Crippen molar-refractivity contribution in [3.8, 4) is 0 Å². The summed E-state index contributed by atoms with van der Waals surface area (Å²) >= 11 is 2.46. The molecule has 3 heterocycles. The number of H-pyrrole nitrogens is 1. The quantitative estimate of drug-likeness (QED) is 0.449. The van der Waals surface area contributed by atoms with Crippen LogP contribution in [0, 0.1) is 6.92 Å². The van der Waals surface area contributed by atoms with Gasteiger partial charge in [0.05, 0.1) is 30.9 Å². The normalized spacial score (nSPS) is 17.8. The molecule has 1 aliphatic rings. The molecule has 1 aliphatic heterocycles. The number of thiophene rings is 1. The Bertz CT molecular complexity index is 900.